The Morgan fingerprint density at radius 3 is 1.84 bits per heavy atom. The van der Waals surface area contributed by atoms with Gasteiger partial charge in [0.2, 0.25) is 6.29 Å². The van der Waals surface area contributed by atoms with E-state index in [-0.39, 0.29) is 0 Å². The van der Waals surface area contributed by atoms with Crippen LogP contribution in [0.25, 0.3) is 0 Å². The number of rotatable bonds is 7. The van der Waals surface area contributed by atoms with Crippen molar-refractivity contribution in [3.63, 3.8) is 0 Å². The largest absolute Gasteiger partial charge is 0.472 e. The maximum Gasteiger partial charge on any atom is 0.210 e. The molecule has 16 nitrogen and oxygen atoms in total. The highest BCUT2D eigenvalue weighted by atomic mass is 16.8. The third kappa shape index (κ3) is 4.03. The van der Waals surface area contributed by atoms with Crippen LogP contribution in [0, 0.1) is 5.92 Å². The fraction of sp³-hybridized carbons (Fsp3) is 0.905. The lowest BCUT2D eigenvalue weighted by molar-refractivity contribution is -0.371. The molecule has 37 heavy (non-hydrogen) atoms. The molecular weight excluding hydrogens is 508 g/mol. The van der Waals surface area contributed by atoms with Crippen molar-refractivity contribution in [2.24, 2.45) is 5.92 Å². The molecule has 0 aromatic rings. The van der Waals surface area contributed by atoms with Gasteiger partial charge in [0.25, 0.3) is 0 Å². The first-order valence-corrected chi connectivity index (χ1v) is 11.8. The Morgan fingerprint density at radius 1 is 0.703 bits per heavy atom. The summed E-state index contributed by atoms with van der Waals surface area (Å²) in [7, 11) is 0. The van der Waals surface area contributed by atoms with E-state index in [0.717, 1.165) is 6.26 Å². The number of aliphatic hydroxyl groups excluding tert-OH is 10. The van der Waals surface area contributed by atoms with Crippen molar-refractivity contribution < 1.29 is 79.5 Å². The van der Waals surface area contributed by atoms with E-state index in [0.29, 0.717) is 0 Å². The highest BCUT2D eigenvalue weighted by molar-refractivity contribution is 5.33. The number of ether oxygens (including phenoxy) is 6. The first-order valence-electron chi connectivity index (χ1n) is 11.8. The summed E-state index contributed by atoms with van der Waals surface area (Å²) in [6.07, 6.45) is -18.0. The van der Waals surface area contributed by atoms with Crippen LogP contribution in [0.3, 0.4) is 0 Å². The Kier molecular flexibility index (Phi) is 7.32. The Hall–Kier alpha value is -1.06. The second kappa shape index (κ2) is 9.84. The molecule has 0 amide bonds. The standard InChI is InChI=1S/C21H32O16/c22-3-6-8(25)10(27)12(29)17(33-6)35-19-14-20(1-2-32-19,15(31)16-21(14,5-24)36-16)37-18-13(30)11(28)9(26)7(4-23)34-18/h1-2,6-19,22-31H,3-5H2/t6-,7-,8-,9-,10+,11+,12+,13+,14+,15-,16+,17+,18+,19+,20-,21-/m1/s1. The molecule has 3 saturated heterocycles. The minimum Gasteiger partial charge on any atom is -0.472 e. The van der Waals surface area contributed by atoms with E-state index in [1.807, 2.05) is 0 Å². The number of epoxide rings is 1. The molecule has 0 bridgehead atoms. The van der Waals surface area contributed by atoms with E-state index < -0.39 is 117 Å². The summed E-state index contributed by atoms with van der Waals surface area (Å²) in [4.78, 5) is 0. The molecule has 0 spiro atoms. The summed E-state index contributed by atoms with van der Waals surface area (Å²) in [5, 5.41) is 102. The van der Waals surface area contributed by atoms with Gasteiger partial charge in [0, 0.05) is 0 Å². The lowest BCUT2D eigenvalue weighted by Gasteiger charge is -2.49. The zero-order valence-electron chi connectivity index (χ0n) is 19.3. The molecule has 4 aliphatic heterocycles. The predicted molar refractivity (Wildman–Crippen MR) is 111 cm³/mol. The molecule has 0 unspecified atom stereocenters. The van der Waals surface area contributed by atoms with Gasteiger partial charge in [0.05, 0.1) is 32.0 Å². The van der Waals surface area contributed by atoms with Gasteiger partial charge in [0.1, 0.15) is 72.2 Å². The second-order valence-electron chi connectivity index (χ2n) is 9.88. The van der Waals surface area contributed by atoms with Crippen molar-refractivity contribution in [2.75, 3.05) is 19.8 Å². The second-order valence-corrected chi connectivity index (χ2v) is 9.88. The van der Waals surface area contributed by atoms with Crippen LogP contribution in [0.4, 0.5) is 0 Å². The highest BCUT2D eigenvalue weighted by Crippen LogP contribution is 2.63. The topological polar surface area (TPSA) is 261 Å². The first-order chi connectivity index (χ1) is 17.6. The SMILES string of the molecule is OC[C@H]1O[C@@H](O[C@@H]2OC=C[C@]3(O[C@@H]4O[C@H](CO)[C@@H](O)[C@H](O)[C@@H]4O)[C@H](O)[C@@H]4O[C@]4(CO)[C@@H]23)[C@@H](O)[C@@H](O)[C@@H]1O. The molecule has 16 atom stereocenters. The van der Waals surface area contributed by atoms with E-state index in [1.54, 1.807) is 0 Å². The fourth-order valence-corrected chi connectivity index (χ4v) is 5.73. The Labute approximate surface area is 209 Å². The van der Waals surface area contributed by atoms with Gasteiger partial charge >= 0.3 is 0 Å². The third-order valence-electron chi connectivity index (χ3n) is 7.88. The maximum atomic E-state index is 11.2. The van der Waals surface area contributed by atoms with E-state index in [9.17, 15) is 51.1 Å². The maximum absolute atomic E-state index is 11.2. The van der Waals surface area contributed by atoms with E-state index in [1.165, 1.54) is 6.08 Å². The fourth-order valence-electron chi connectivity index (χ4n) is 5.73. The average Bonchev–Trinajstić information content (AvgIpc) is 3.59. The monoisotopic (exact) mass is 540 g/mol. The van der Waals surface area contributed by atoms with Crippen molar-refractivity contribution in [1.29, 1.82) is 0 Å². The van der Waals surface area contributed by atoms with E-state index >= 15 is 0 Å². The summed E-state index contributed by atoms with van der Waals surface area (Å²) in [6, 6.07) is 0. The van der Waals surface area contributed by atoms with Crippen LogP contribution in [0.2, 0.25) is 0 Å². The van der Waals surface area contributed by atoms with Crippen molar-refractivity contribution in [3.8, 4) is 0 Å². The van der Waals surface area contributed by atoms with Gasteiger partial charge < -0.3 is 79.5 Å². The molecule has 4 fully saturated rings. The molecule has 5 aliphatic rings. The third-order valence-corrected chi connectivity index (χ3v) is 7.88. The van der Waals surface area contributed by atoms with Crippen molar-refractivity contribution in [1.82, 2.24) is 0 Å². The van der Waals surface area contributed by atoms with Crippen molar-refractivity contribution in [3.05, 3.63) is 12.3 Å². The van der Waals surface area contributed by atoms with Gasteiger partial charge in [-0.15, -0.1) is 0 Å². The zero-order chi connectivity index (χ0) is 26.9. The van der Waals surface area contributed by atoms with Crippen molar-refractivity contribution in [2.45, 2.75) is 91.1 Å². The smallest absolute Gasteiger partial charge is 0.210 e. The van der Waals surface area contributed by atoms with Crippen LogP contribution < -0.4 is 0 Å². The normalized spacial score (nSPS) is 56.9. The number of hydrogen-bond acceptors (Lipinski definition) is 16. The lowest BCUT2D eigenvalue weighted by Crippen LogP contribution is -2.65. The molecule has 5 rings (SSSR count). The minimum absolute atomic E-state index is 0.648. The van der Waals surface area contributed by atoms with Crippen LogP contribution in [-0.2, 0) is 28.4 Å². The quantitative estimate of drug-likeness (QED) is 0.135. The number of fused-ring (bicyclic) bond motifs is 3. The summed E-state index contributed by atoms with van der Waals surface area (Å²) >= 11 is 0. The van der Waals surface area contributed by atoms with Gasteiger partial charge in [-0.25, -0.2) is 0 Å². The van der Waals surface area contributed by atoms with Gasteiger partial charge in [-0.2, -0.15) is 0 Å². The molecule has 10 N–H and O–H groups in total. The van der Waals surface area contributed by atoms with Crippen LogP contribution in [0.15, 0.2) is 12.3 Å². The molecule has 212 valence electrons. The van der Waals surface area contributed by atoms with Crippen molar-refractivity contribution >= 4 is 0 Å². The van der Waals surface area contributed by atoms with Gasteiger partial charge in [-0.1, -0.05) is 0 Å². The van der Waals surface area contributed by atoms with Crippen LogP contribution in [0.5, 0.6) is 0 Å². The molecule has 4 heterocycles. The summed E-state index contributed by atoms with van der Waals surface area (Å²) in [5.41, 5.74) is -3.34. The molecule has 1 aliphatic carbocycles. The molecule has 0 radical (unpaired) electrons. The number of hydrogen-bond donors (Lipinski definition) is 10. The van der Waals surface area contributed by atoms with E-state index in [4.69, 9.17) is 28.4 Å². The molecular formula is C21H32O16. The average molecular weight is 540 g/mol. The number of aliphatic hydroxyl groups is 10. The summed E-state index contributed by atoms with van der Waals surface area (Å²) in [5.74, 6) is -1.23. The van der Waals surface area contributed by atoms with Gasteiger partial charge in [-0.3, -0.25) is 0 Å². The summed E-state index contributed by atoms with van der Waals surface area (Å²) < 4.78 is 33.7. The first kappa shape index (κ1) is 27.5. The van der Waals surface area contributed by atoms with Gasteiger partial charge in [-0.05, 0) is 6.08 Å². The molecule has 0 aromatic heterocycles. The van der Waals surface area contributed by atoms with E-state index in [2.05, 4.69) is 0 Å². The molecule has 1 saturated carbocycles. The Balaban J connectivity index is 1.44. The Bertz CT molecular complexity index is 856. The zero-order valence-corrected chi connectivity index (χ0v) is 19.3. The molecule has 16 heteroatoms. The van der Waals surface area contributed by atoms with Gasteiger partial charge in [0.15, 0.2) is 12.6 Å². The lowest BCUT2D eigenvalue weighted by atomic mass is 9.81. The van der Waals surface area contributed by atoms with Crippen LogP contribution in [0.1, 0.15) is 0 Å². The van der Waals surface area contributed by atoms with Crippen LogP contribution >= 0.6 is 0 Å². The Morgan fingerprint density at radius 2 is 1.27 bits per heavy atom. The minimum atomic E-state index is -1.85. The highest BCUT2D eigenvalue weighted by Gasteiger charge is 2.82. The van der Waals surface area contributed by atoms with Crippen LogP contribution in [-0.4, -0.2) is 162 Å². The predicted octanol–water partition coefficient (Wildman–Crippen LogP) is -6.65. The molecule has 0 aromatic carbocycles. The summed E-state index contributed by atoms with van der Waals surface area (Å²) in [6.45, 7) is -2.09.